The van der Waals surface area contributed by atoms with Crippen LogP contribution in [0.1, 0.15) is 0 Å². The second-order valence-electron chi connectivity index (χ2n) is 4.72. The predicted molar refractivity (Wildman–Crippen MR) is 70.3 cm³/mol. The van der Waals surface area contributed by atoms with E-state index in [1.165, 1.54) is 17.0 Å². The zero-order valence-electron chi connectivity index (χ0n) is 10.1. The highest BCUT2D eigenvalue weighted by Crippen LogP contribution is 2.30. The second kappa shape index (κ2) is 5.53. The number of aliphatic hydroxyl groups is 1. The van der Waals surface area contributed by atoms with Gasteiger partial charge < -0.3 is 20.0 Å². The molecular formula is C10H15BrN4O4. The summed E-state index contributed by atoms with van der Waals surface area (Å²) in [5.41, 5.74) is 0. The molecule has 106 valence electrons. The number of aromatic nitrogens is 2. The Morgan fingerprint density at radius 2 is 2.21 bits per heavy atom. The van der Waals surface area contributed by atoms with Gasteiger partial charge in [0.15, 0.2) is 0 Å². The maximum atomic E-state index is 10.7. The molecule has 1 aromatic rings. The van der Waals surface area contributed by atoms with Gasteiger partial charge in [-0.05, 0) is 4.92 Å². The number of morpholine rings is 1. The highest BCUT2D eigenvalue weighted by Gasteiger charge is 2.47. The second-order valence-corrected chi connectivity index (χ2v) is 4.72. The van der Waals surface area contributed by atoms with Gasteiger partial charge in [0.25, 0.3) is 0 Å². The minimum absolute atomic E-state index is 0. The number of rotatable bonds is 5. The number of fused-ring (bicyclic) bond motifs is 1. The number of β-amino-alcohol motifs (C(OH)–C–C–N with tert-alkyl or cyclic N) is 1. The lowest BCUT2D eigenvalue weighted by Crippen LogP contribution is -2.35. The minimum atomic E-state index is -0.643. The van der Waals surface area contributed by atoms with Gasteiger partial charge in [-0.1, -0.05) is 4.98 Å². The zero-order valence-corrected chi connectivity index (χ0v) is 11.8. The van der Waals surface area contributed by atoms with Crippen LogP contribution in [0.4, 0.5) is 5.95 Å². The Morgan fingerprint density at radius 3 is 2.84 bits per heavy atom. The van der Waals surface area contributed by atoms with Gasteiger partial charge in [0.2, 0.25) is 0 Å². The molecule has 3 rings (SSSR count). The van der Waals surface area contributed by atoms with Crippen LogP contribution in [-0.2, 0) is 11.3 Å². The SMILES string of the molecule is Br.O=[N+]([O-])c1nccn1CC(O)CN1CC2OC2C1. The molecule has 1 N–H and O–H groups in total. The minimum Gasteiger partial charge on any atom is -0.390 e. The quantitative estimate of drug-likeness (QED) is 0.455. The van der Waals surface area contributed by atoms with Gasteiger partial charge in [-0.15, -0.1) is 17.0 Å². The van der Waals surface area contributed by atoms with E-state index in [4.69, 9.17) is 4.74 Å². The average Bonchev–Trinajstić information content (AvgIpc) is 2.75. The van der Waals surface area contributed by atoms with Crippen molar-refractivity contribution in [2.24, 2.45) is 0 Å². The summed E-state index contributed by atoms with van der Waals surface area (Å²) in [5.74, 6) is -0.235. The highest BCUT2D eigenvalue weighted by molar-refractivity contribution is 8.93. The molecule has 3 atom stereocenters. The van der Waals surface area contributed by atoms with Crippen LogP contribution in [0.25, 0.3) is 0 Å². The number of nitrogens with zero attached hydrogens (tertiary/aromatic N) is 4. The summed E-state index contributed by atoms with van der Waals surface area (Å²) in [4.78, 5) is 15.9. The molecule has 3 heterocycles. The third-order valence-electron chi connectivity index (χ3n) is 3.30. The molecule has 2 saturated heterocycles. The van der Waals surface area contributed by atoms with Gasteiger partial charge in [-0.25, -0.2) is 4.57 Å². The third kappa shape index (κ3) is 3.11. The van der Waals surface area contributed by atoms with E-state index in [0.29, 0.717) is 18.8 Å². The Morgan fingerprint density at radius 1 is 1.53 bits per heavy atom. The standard InChI is InChI=1S/C10H14N4O4.BrH/c15-7(3-12-5-8-9(6-12)18-8)4-13-2-1-11-10(13)14(16)17;/h1-2,7-9,15H,3-6H2;1H. The van der Waals surface area contributed by atoms with Gasteiger partial charge >= 0.3 is 5.95 Å². The predicted octanol–water partition coefficient (Wildman–Crippen LogP) is -0.187. The molecular weight excluding hydrogens is 320 g/mol. The molecule has 2 fully saturated rings. The van der Waals surface area contributed by atoms with Gasteiger partial charge in [0.1, 0.15) is 12.4 Å². The number of imidazole rings is 1. The maximum absolute atomic E-state index is 10.7. The van der Waals surface area contributed by atoms with E-state index in [9.17, 15) is 15.2 Å². The van der Waals surface area contributed by atoms with Crippen LogP contribution in [0.15, 0.2) is 12.4 Å². The molecule has 0 bridgehead atoms. The van der Waals surface area contributed by atoms with E-state index in [2.05, 4.69) is 9.88 Å². The fourth-order valence-electron chi connectivity index (χ4n) is 2.43. The van der Waals surface area contributed by atoms with Gasteiger partial charge in [-0.2, -0.15) is 0 Å². The summed E-state index contributed by atoms with van der Waals surface area (Å²) >= 11 is 0. The Balaban J connectivity index is 0.00000133. The number of halogens is 1. The number of nitro groups is 1. The summed E-state index contributed by atoms with van der Waals surface area (Å²) in [7, 11) is 0. The van der Waals surface area contributed by atoms with E-state index < -0.39 is 11.0 Å². The van der Waals surface area contributed by atoms with Gasteiger partial charge in [0, 0.05) is 19.6 Å². The first-order valence-corrected chi connectivity index (χ1v) is 5.85. The molecule has 19 heavy (non-hydrogen) atoms. The van der Waals surface area contributed by atoms with Crippen molar-refractivity contribution in [1.29, 1.82) is 0 Å². The van der Waals surface area contributed by atoms with Crippen molar-refractivity contribution in [1.82, 2.24) is 14.5 Å². The molecule has 0 radical (unpaired) electrons. The molecule has 9 heteroatoms. The van der Waals surface area contributed by atoms with E-state index in [0.717, 1.165) is 13.1 Å². The fraction of sp³-hybridized carbons (Fsp3) is 0.700. The van der Waals surface area contributed by atoms with Crippen LogP contribution in [-0.4, -0.2) is 62.4 Å². The van der Waals surface area contributed by atoms with E-state index >= 15 is 0 Å². The largest absolute Gasteiger partial charge is 0.434 e. The number of ether oxygens (including phenoxy) is 1. The van der Waals surface area contributed by atoms with Crippen molar-refractivity contribution >= 4 is 22.9 Å². The molecule has 0 aliphatic carbocycles. The van der Waals surface area contributed by atoms with Crippen molar-refractivity contribution in [2.75, 3.05) is 19.6 Å². The number of hydrogen-bond donors (Lipinski definition) is 1. The van der Waals surface area contributed by atoms with Crippen molar-refractivity contribution in [3.8, 4) is 0 Å². The van der Waals surface area contributed by atoms with E-state index in [-0.39, 0.29) is 29.5 Å². The van der Waals surface area contributed by atoms with E-state index in [1.54, 1.807) is 0 Å². The Kier molecular flexibility index (Phi) is 4.19. The molecule has 0 amide bonds. The fourth-order valence-corrected chi connectivity index (χ4v) is 2.43. The summed E-state index contributed by atoms with van der Waals surface area (Å²) in [5, 5.41) is 20.6. The monoisotopic (exact) mass is 334 g/mol. The normalized spacial score (nSPS) is 26.6. The van der Waals surface area contributed by atoms with Crippen LogP contribution in [0.5, 0.6) is 0 Å². The Bertz CT molecular complexity index is 458. The molecule has 2 aliphatic rings. The Hall–Kier alpha value is -1.03. The van der Waals surface area contributed by atoms with Crippen molar-refractivity contribution in [3.63, 3.8) is 0 Å². The molecule has 0 saturated carbocycles. The third-order valence-corrected chi connectivity index (χ3v) is 3.30. The zero-order chi connectivity index (χ0) is 12.7. The highest BCUT2D eigenvalue weighted by atomic mass is 79.9. The molecule has 2 aliphatic heterocycles. The van der Waals surface area contributed by atoms with E-state index in [1.807, 2.05) is 0 Å². The summed E-state index contributed by atoms with van der Waals surface area (Å²) in [6, 6.07) is 0. The number of likely N-dealkylation sites (tertiary alicyclic amines) is 1. The molecule has 1 aromatic heterocycles. The molecule has 0 spiro atoms. The van der Waals surface area contributed by atoms with Crippen LogP contribution >= 0.6 is 17.0 Å². The van der Waals surface area contributed by atoms with Gasteiger partial charge in [-0.3, -0.25) is 4.90 Å². The first kappa shape index (κ1) is 14.4. The van der Waals surface area contributed by atoms with Gasteiger partial charge in [0.05, 0.1) is 24.9 Å². The summed E-state index contributed by atoms with van der Waals surface area (Å²) in [6.45, 7) is 2.37. The number of hydrogen-bond acceptors (Lipinski definition) is 6. The molecule has 0 aromatic carbocycles. The van der Waals surface area contributed by atoms with Crippen LogP contribution in [0.2, 0.25) is 0 Å². The number of aliphatic hydroxyl groups excluding tert-OH is 1. The smallest absolute Gasteiger partial charge is 0.390 e. The lowest BCUT2D eigenvalue weighted by Gasteiger charge is -2.20. The van der Waals surface area contributed by atoms with Crippen LogP contribution in [0, 0.1) is 10.1 Å². The lowest BCUT2D eigenvalue weighted by atomic mass is 10.3. The molecule has 8 nitrogen and oxygen atoms in total. The van der Waals surface area contributed by atoms with Crippen LogP contribution in [0.3, 0.4) is 0 Å². The first-order valence-electron chi connectivity index (χ1n) is 5.85. The summed E-state index contributed by atoms with van der Waals surface area (Å²) in [6.07, 6.45) is 2.89. The van der Waals surface area contributed by atoms with Crippen molar-refractivity contribution in [2.45, 2.75) is 24.9 Å². The van der Waals surface area contributed by atoms with Crippen molar-refractivity contribution < 1.29 is 14.8 Å². The summed E-state index contributed by atoms with van der Waals surface area (Å²) < 4.78 is 6.65. The van der Waals surface area contributed by atoms with Crippen molar-refractivity contribution in [3.05, 3.63) is 22.5 Å². The lowest BCUT2D eigenvalue weighted by molar-refractivity contribution is -0.397. The topological polar surface area (TPSA) is 97.0 Å². The first-order chi connectivity index (χ1) is 8.63. The molecule has 3 unspecified atom stereocenters. The maximum Gasteiger partial charge on any atom is 0.434 e. The average molecular weight is 335 g/mol. The van der Waals surface area contributed by atoms with Crippen LogP contribution < -0.4 is 0 Å². The number of epoxide rings is 1. The Labute approximate surface area is 119 Å².